The van der Waals surface area contributed by atoms with Gasteiger partial charge in [0.25, 0.3) is 11.5 Å². The van der Waals surface area contributed by atoms with Gasteiger partial charge in [-0.15, -0.1) is 0 Å². The number of aromatic nitrogens is 1. The molecule has 1 aliphatic heterocycles. The number of fused-ring (bicyclic) bond motifs is 1. The van der Waals surface area contributed by atoms with Crippen molar-refractivity contribution in [3.63, 3.8) is 0 Å². The number of non-ortho nitro benzene ring substituents is 1. The van der Waals surface area contributed by atoms with E-state index in [2.05, 4.69) is 46.3 Å². The van der Waals surface area contributed by atoms with Gasteiger partial charge in [0.1, 0.15) is 38.2 Å². The third kappa shape index (κ3) is 3.50. The van der Waals surface area contributed by atoms with Gasteiger partial charge >= 0.3 is 0 Å². The lowest BCUT2D eigenvalue weighted by Gasteiger charge is -2.28. The van der Waals surface area contributed by atoms with Crippen LogP contribution in [0, 0.1) is 10.1 Å². The van der Waals surface area contributed by atoms with Crippen molar-refractivity contribution < 1.29 is 14.8 Å². The Hall–Kier alpha value is -2.99. The van der Waals surface area contributed by atoms with E-state index in [0.29, 0.717) is 0 Å². The van der Waals surface area contributed by atoms with Crippen LogP contribution in [0.2, 0.25) is 0 Å². The molecule has 0 amide bonds. The number of benzene rings is 2. The number of nitro groups is 1. The van der Waals surface area contributed by atoms with Crippen LogP contribution in [0.3, 0.4) is 0 Å². The zero-order valence-electron chi connectivity index (χ0n) is 14.5. The summed E-state index contributed by atoms with van der Waals surface area (Å²) in [5, 5.41) is 12.0. The maximum atomic E-state index is 10.7. The SMILES string of the molecule is O=[N+]([O-])c1ccc(C[NH+]2CCN(c3ccc4ccccc4[nH+]3)CC2)cc1. The molecule has 1 aliphatic rings. The number of piperazine rings is 1. The van der Waals surface area contributed by atoms with Crippen LogP contribution in [0.15, 0.2) is 60.7 Å². The highest BCUT2D eigenvalue weighted by atomic mass is 16.6. The largest absolute Gasteiger partial charge is 0.325 e. The molecule has 0 aliphatic carbocycles. The van der Waals surface area contributed by atoms with Gasteiger partial charge in [0.05, 0.1) is 4.92 Å². The molecule has 0 saturated carbocycles. The Bertz CT molecular complexity index is 919. The van der Waals surface area contributed by atoms with Gasteiger partial charge in [-0.3, -0.25) is 15.0 Å². The molecule has 1 aromatic heterocycles. The predicted octanol–water partition coefficient (Wildman–Crippen LogP) is 1.47. The van der Waals surface area contributed by atoms with Gasteiger partial charge in [-0.25, -0.2) is 4.98 Å². The summed E-state index contributed by atoms with van der Waals surface area (Å²) in [5.41, 5.74) is 2.46. The lowest BCUT2D eigenvalue weighted by Crippen LogP contribution is -3.13. The molecule has 1 fully saturated rings. The molecule has 6 heteroatoms. The summed E-state index contributed by atoms with van der Waals surface area (Å²) in [6, 6.07) is 19.6. The summed E-state index contributed by atoms with van der Waals surface area (Å²) in [6.45, 7) is 5.01. The molecular formula is C20H22N4O2+2. The quantitative estimate of drug-likeness (QED) is 0.572. The standard InChI is InChI=1S/C20H20N4O2/c25-24(26)18-8-5-16(6-9-18)15-22-11-13-23(14-12-22)20-10-7-17-3-1-2-4-19(17)21-20/h1-10H,11-15H2/p+2. The van der Waals surface area contributed by atoms with E-state index in [1.807, 2.05) is 12.1 Å². The van der Waals surface area contributed by atoms with E-state index in [1.54, 1.807) is 12.1 Å². The molecular weight excluding hydrogens is 328 g/mol. The number of pyridine rings is 1. The first-order valence-corrected chi connectivity index (χ1v) is 8.92. The molecule has 2 aromatic carbocycles. The van der Waals surface area contributed by atoms with E-state index < -0.39 is 0 Å². The number of aromatic amines is 1. The smallest absolute Gasteiger partial charge is 0.275 e. The number of nitro benzene ring substituents is 1. The first-order valence-electron chi connectivity index (χ1n) is 8.92. The van der Waals surface area contributed by atoms with Gasteiger partial charge < -0.3 is 4.90 Å². The third-order valence-corrected chi connectivity index (χ3v) is 5.06. The third-order valence-electron chi connectivity index (χ3n) is 5.06. The molecule has 2 N–H and O–H groups in total. The van der Waals surface area contributed by atoms with Crippen molar-refractivity contribution in [1.82, 2.24) is 0 Å². The van der Waals surface area contributed by atoms with Crippen molar-refractivity contribution in [3.05, 3.63) is 76.3 Å². The lowest BCUT2D eigenvalue weighted by molar-refractivity contribution is -0.914. The first-order chi connectivity index (χ1) is 12.7. The highest BCUT2D eigenvalue weighted by molar-refractivity contribution is 5.76. The molecule has 26 heavy (non-hydrogen) atoms. The van der Waals surface area contributed by atoms with Crippen LogP contribution >= 0.6 is 0 Å². The van der Waals surface area contributed by atoms with Crippen LogP contribution in [0.5, 0.6) is 0 Å². The summed E-state index contributed by atoms with van der Waals surface area (Å²) in [6.07, 6.45) is 0. The number of nitrogens with one attached hydrogen (secondary N) is 2. The molecule has 0 atom stereocenters. The predicted molar refractivity (Wildman–Crippen MR) is 100 cm³/mol. The Balaban J connectivity index is 1.38. The molecule has 2 heterocycles. The minimum absolute atomic E-state index is 0.153. The average molecular weight is 350 g/mol. The number of para-hydroxylation sites is 1. The number of hydrogen-bond donors (Lipinski definition) is 1. The van der Waals surface area contributed by atoms with Gasteiger partial charge in [0.15, 0.2) is 0 Å². The van der Waals surface area contributed by atoms with Crippen LogP contribution in [0.25, 0.3) is 10.9 Å². The Labute approximate surface area is 151 Å². The van der Waals surface area contributed by atoms with E-state index in [4.69, 9.17) is 0 Å². The second-order valence-electron chi connectivity index (χ2n) is 6.77. The topological polar surface area (TPSA) is 65.0 Å². The summed E-state index contributed by atoms with van der Waals surface area (Å²) < 4.78 is 0. The highest BCUT2D eigenvalue weighted by Crippen LogP contribution is 2.14. The fourth-order valence-corrected chi connectivity index (χ4v) is 3.55. The molecule has 3 aromatic rings. The van der Waals surface area contributed by atoms with E-state index in [-0.39, 0.29) is 10.6 Å². The van der Waals surface area contributed by atoms with Crippen LogP contribution in [-0.4, -0.2) is 31.1 Å². The van der Waals surface area contributed by atoms with Crippen LogP contribution in [-0.2, 0) is 6.54 Å². The van der Waals surface area contributed by atoms with Gasteiger partial charge in [-0.1, -0.05) is 18.2 Å². The number of anilines is 1. The summed E-state index contributed by atoms with van der Waals surface area (Å²) in [5.74, 6) is 1.16. The summed E-state index contributed by atoms with van der Waals surface area (Å²) in [7, 11) is 0. The number of hydrogen-bond acceptors (Lipinski definition) is 3. The van der Waals surface area contributed by atoms with E-state index in [1.165, 1.54) is 10.3 Å². The maximum Gasteiger partial charge on any atom is 0.275 e. The van der Waals surface area contributed by atoms with Gasteiger partial charge in [0.2, 0.25) is 0 Å². The number of H-pyrrole nitrogens is 1. The van der Waals surface area contributed by atoms with Crippen molar-refractivity contribution in [3.8, 4) is 0 Å². The minimum atomic E-state index is -0.352. The first kappa shape index (κ1) is 16.5. The van der Waals surface area contributed by atoms with E-state index in [0.717, 1.165) is 49.6 Å². The zero-order chi connectivity index (χ0) is 17.9. The lowest BCUT2D eigenvalue weighted by atomic mass is 10.1. The molecule has 6 nitrogen and oxygen atoms in total. The summed E-state index contributed by atoms with van der Waals surface area (Å²) >= 11 is 0. The molecule has 4 rings (SSSR count). The molecule has 0 unspecified atom stereocenters. The van der Waals surface area contributed by atoms with E-state index >= 15 is 0 Å². The van der Waals surface area contributed by atoms with Crippen LogP contribution in [0.4, 0.5) is 11.5 Å². The van der Waals surface area contributed by atoms with Gasteiger partial charge in [0, 0.05) is 29.1 Å². The second-order valence-corrected chi connectivity index (χ2v) is 6.77. The Morgan fingerprint density at radius 3 is 2.46 bits per heavy atom. The van der Waals surface area contributed by atoms with Crippen molar-refractivity contribution in [1.29, 1.82) is 0 Å². The van der Waals surface area contributed by atoms with Crippen molar-refractivity contribution >= 4 is 22.4 Å². The maximum absolute atomic E-state index is 10.7. The Morgan fingerprint density at radius 1 is 1.00 bits per heavy atom. The van der Waals surface area contributed by atoms with Gasteiger partial charge in [-0.05, 0) is 24.3 Å². The second kappa shape index (κ2) is 7.09. The summed E-state index contributed by atoms with van der Waals surface area (Å²) in [4.78, 5) is 17.8. The molecule has 0 bridgehead atoms. The number of nitrogens with zero attached hydrogens (tertiary/aromatic N) is 2. The zero-order valence-corrected chi connectivity index (χ0v) is 14.5. The van der Waals surface area contributed by atoms with Crippen LogP contribution in [0.1, 0.15) is 5.56 Å². The minimum Gasteiger partial charge on any atom is -0.325 e. The van der Waals surface area contributed by atoms with Crippen molar-refractivity contribution in [2.45, 2.75) is 6.54 Å². The van der Waals surface area contributed by atoms with E-state index in [9.17, 15) is 10.1 Å². The molecule has 0 radical (unpaired) electrons. The number of rotatable bonds is 4. The highest BCUT2D eigenvalue weighted by Gasteiger charge is 2.26. The monoisotopic (exact) mass is 350 g/mol. The van der Waals surface area contributed by atoms with Crippen molar-refractivity contribution in [2.75, 3.05) is 31.1 Å². The fourth-order valence-electron chi connectivity index (χ4n) is 3.55. The Morgan fingerprint density at radius 2 is 1.73 bits per heavy atom. The fraction of sp³-hybridized carbons (Fsp3) is 0.250. The van der Waals surface area contributed by atoms with Gasteiger partial charge in [-0.2, -0.15) is 0 Å². The normalized spacial score (nSPS) is 15.3. The molecule has 0 spiro atoms. The van der Waals surface area contributed by atoms with Crippen molar-refractivity contribution in [2.24, 2.45) is 0 Å². The van der Waals surface area contributed by atoms with Crippen LogP contribution < -0.4 is 14.8 Å². The Kier molecular flexibility index (Phi) is 4.50. The molecule has 132 valence electrons. The molecule has 1 saturated heterocycles. The average Bonchev–Trinajstić information content (AvgIpc) is 2.68. The number of quaternary nitrogens is 1.